The normalized spacial score (nSPS) is 14.9. The lowest BCUT2D eigenvalue weighted by Gasteiger charge is -2.27. The SMILES string of the molecule is CN(C)CC(C)(O)CNC(=O)c1ccc(C(F)(F)F)nc1. The Morgan fingerprint density at radius 2 is 2.00 bits per heavy atom. The summed E-state index contributed by atoms with van der Waals surface area (Å²) in [7, 11) is 3.55. The van der Waals surface area contributed by atoms with Crippen molar-refractivity contribution in [3.05, 3.63) is 29.6 Å². The number of carbonyl (C=O) groups excluding carboxylic acids is 1. The van der Waals surface area contributed by atoms with Gasteiger partial charge < -0.3 is 15.3 Å². The smallest absolute Gasteiger partial charge is 0.387 e. The third kappa shape index (κ3) is 5.68. The van der Waals surface area contributed by atoms with Gasteiger partial charge in [-0.25, -0.2) is 0 Å². The zero-order valence-corrected chi connectivity index (χ0v) is 12.0. The molecule has 0 aromatic carbocycles. The van der Waals surface area contributed by atoms with Crippen molar-refractivity contribution in [1.82, 2.24) is 15.2 Å². The number of nitrogens with zero attached hydrogens (tertiary/aromatic N) is 2. The fraction of sp³-hybridized carbons (Fsp3) is 0.538. The van der Waals surface area contributed by atoms with Crippen molar-refractivity contribution in [1.29, 1.82) is 0 Å². The third-order valence-corrected chi connectivity index (χ3v) is 2.60. The second-order valence-corrected chi connectivity index (χ2v) is 5.35. The molecule has 1 atom stereocenters. The van der Waals surface area contributed by atoms with Gasteiger partial charge in [0.15, 0.2) is 0 Å². The summed E-state index contributed by atoms with van der Waals surface area (Å²) in [5.41, 5.74) is -2.19. The van der Waals surface area contributed by atoms with E-state index in [1.165, 1.54) is 0 Å². The van der Waals surface area contributed by atoms with Crippen LogP contribution in [0.25, 0.3) is 0 Å². The van der Waals surface area contributed by atoms with Crippen molar-refractivity contribution < 1.29 is 23.1 Å². The molecule has 5 nitrogen and oxygen atoms in total. The van der Waals surface area contributed by atoms with Gasteiger partial charge >= 0.3 is 6.18 Å². The van der Waals surface area contributed by atoms with E-state index in [-0.39, 0.29) is 12.1 Å². The highest BCUT2D eigenvalue weighted by Crippen LogP contribution is 2.27. The fourth-order valence-corrected chi connectivity index (χ4v) is 1.81. The number of rotatable bonds is 5. The molecular weight excluding hydrogens is 287 g/mol. The van der Waals surface area contributed by atoms with Crippen LogP contribution in [0, 0.1) is 0 Å². The van der Waals surface area contributed by atoms with Crippen molar-refractivity contribution >= 4 is 5.91 Å². The van der Waals surface area contributed by atoms with Crippen LogP contribution in [0.5, 0.6) is 0 Å². The molecule has 0 bridgehead atoms. The van der Waals surface area contributed by atoms with Crippen LogP contribution >= 0.6 is 0 Å². The van der Waals surface area contributed by atoms with Crippen LogP contribution in [0.4, 0.5) is 13.2 Å². The van der Waals surface area contributed by atoms with Gasteiger partial charge in [-0.05, 0) is 33.2 Å². The Hall–Kier alpha value is -1.67. The van der Waals surface area contributed by atoms with Crippen LogP contribution in [-0.4, -0.2) is 53.7 Å². The largest absolute Gasteiger partial charge is 0.433 e. The lowest BCUT2D eigenvalue weighted by Crippen LogP contribution is -2.47. The van der Waals surface area contributed by atoms with Crippen LogP contribution in [0.1, 0.15) is 23.0 Å². The van der Waals surface area contributed by atoms with Crippen LogP contribution in [-0.2, 0) is 6.18 Å². The summed E-state index contributed by atoms with van der Waals surface area (Å²) in [6.07, 6.45) is -3.68. The number of aliphatic hydroxyl groups is 1. The Balaban J connectivity index is 2.64. The van der Waals surface area contributed by atoms with Gasteiger partial charge in [0.25, 0.3) is 5.91 Å². The van der Waals surface area contributed by atoms with Crippen molar-refractivity contribution in [3.8, 4) is 0 Å². The van der Waals surface area contributed by atoms with E-state index in [4.69, 9.17) is 0 Å². The topological polar surface area (TPSA) is 65.5 Å². The highest BCUT2D eigenvalue weighted by atomic mass is 19.4. The summed E-state index contributed by atoms with van der Waals surface area (Å²) < 4.78 is 37.0. The molecule has 0 radical (unpaired) electrons. The molecule has 1 rings (SSSR count). The molecule has 0 aliphatic rings. The molecule has 0 fully saturated rings. The molecule has 1 unspecified atom stereocenters. The van der Waals surface area contributed by atoms with Gasteiger partial charge in [0.2, 0.25) is 0 Å². The molecule has 0 aliphatic heterocycles. The molecule has 1 amide bonds. The average molecular weight is 305 g/mol. The van der Waals surface area contributed by atoms with E-state index >= 15 is 0 Å². The second kappa shape index (κ2) is 6.40. The van der Waals surface area contributed by atoms with Crippen LogP contribution in [0.3, 0.4) is 0 Å². The number of hydrogen-bond acceptors (Lipinski definition) is 4. The first-order chi connectivity index (χ1) is 9.51. The fourth-order valence-electron chi connectivity index (χ4n) is 1.81. The van der Waals surface area contributed by atoms with E-state index in [1.54, 1.807) is 25.9 Å². The zero-order valence-electron chi connectivity index (χ0n) is 12.0. The van der Waals surface area contributed by atoms with E-state index in [9.17, 15) is 23.1 Å². The van der Waals surface area contributed by atoms with Crippen molar-refractivity contribution in [2.75, 3.05) is 27.2 Å². The van der Waals surface area contributed by atoms with E-state index < -0.39 is 23.4 Å². The maximum Gasteiger partial charge on any atom is 0.433 e. The highest BCUT2D eigenvalue weighted by molar-refractivity contribution is 5.93. The molecule has 21 heavy (non-hydrogen) atoms. The Morgan fingerprint density at radius 3 is 2.43 bits per heavy atom. The van der Waals surface area contributed by atoms with Gasteiger partial charge in [0.05, 0.1) is 11.2 Å². The molecule has 118 valence electrons. The summed E-state index contributed by atoms with van der Waals surface area (Å²) in [6, 6.07) is 1.79. The van der Waals surface area contributed by atoms with E-state index in [0.29, 0.717) is 6.54 Å². The standard InChI is InChI=1S/C13H18F3N3O2/c1-12(21,8-19(2)3)7-18-11(20)9-4-5-10(17-6-9)13(14,15)16/h4-6,21H,7-8H2,1-3H3,(H,18,20). The minimum Gasteiger partial charge on any atom is -0.387 e. The van der Waals surface area contributed by atoms with Crippen molar-refractivity contribution in [2.24, 2.45) is 0 Å². The molecule has 0 saturated carbocycles. The van der Waals surface area contributed by atoms with Crippen molar-refractivity contribution in [3.63, 3.8) is 0 Å². The summed E-state index contributed by atoms with van der Waals surface area (Å²) in [6.45, 7) is 1.86. The summed E-state index contributed by atoms with van der Waals surface area (Å²) in [4.78, 5) is 16.7. The zero-order chi connectivity index (χ0) is 16.3. The monoisotopic (exact) mass is 305 g/mol. The Labute approximate surface area is 120 Å². The number of hydrogen-bond donors (Lipinski definition) is 2. The van der Waals surface area contributed by atoms with Gasteiger partial charge in [0, 0.05) is 19.3 Å². The molecule has 1 aromatic rings. The summed E-state index contributed by atoms with van der Waals surface area (Å²) in [5, 5.41) is 12.5. The number of amides is 1. The number of carbonyl (C=O) groups is 1. The number of alkyl halides is 3. The van der Waals surface area contributed by atoms with Crippen molar-refractivity contribution in [2.45, 2.75) is 18.7 Å². The summed E-state index contributed by atoms with van der Waals surface area (Å²) >= 11 is 0. The number of halogens is 3. The van der Waals surface area contributed by atoms with E-state index in [0.717, 1.165) is 18.3 Å². The number of aromatic nitrogens is 1. The van der Waals surface area contributed by atoms with Crippen LogP contribution < -0.4 is 5.32 Å². The Bertz CT molecular complexity index is 484. The molecule has 0 saturated heterocycles. The summed E-state index contributed by atoms with van der Waals surface area (Å²) in [5.74, 6) is -0.588. The first kappa shape index (κ1) is 17.4. The van der Waals surface area contributed by atoms with Crippen LogP contribution in [0.15, 0.2) is 18.3 Å². The number of nitrogens with one attached hydrogen (secondary N) is 1. The van der Waals surface area contributed by atoms with Gasteiger partial charge in [-0.2, -0.15) is 13.2 Å². The number of pyridine rings is 1. The minimum atomic E-state index is -4.54. The Morgan fingerprint density at radius 1 is 1.38 bits per heavy atom. The number of likely N-dealkylation sites (N-methyl/N-ethyl adjacent to an activating group) is 1. The first-order valence-corrected chi connectivity index (χ1v) is 6.20. The lowest BCUT2D eigenvalue weighted by atomic mass is 10.1. The van der Waals surface area contributed by atoms with Gasteiger partial charge in [-0.15, -0.1) is 0 Å². The molecule has 1 aromatic heterocycles. The molecule has 2 N–H and O–H groups in total. The maximum atomic E-state index is 12.3. The predicted octanol–water partition coefficient (Wildman–Crippen LogP) is 1.14. The Kier molecular flexibility index (Phi) is 5.30. The highest BCUT2D eigenvalue weighted by Gasteiger charge is 2.32. The van der Waals surface area contributed by atoms with E-state index in [1.807, 2.05) is 0 Å². The average Bonchev–Trinajstić information content (AvgIpc) is 2.33. The molecule has 8 heteroatoms. The third-order valence-electron chi connectivity index (χ3n) is 2.60. The molecule has 1 heterocycles. The van der Waals surface area contributed by atoms with Gasteiger partial charge in [-0.3, -0.25) is 9.78 Å². The molecule has 0 aliphatic carbocycles. The minimum absolute atomic E-state index is 0.00338. The lowest BCUT2D eigenvalue weighted by molar-refractivity contribution is -0.141. The van der Waals surface area contributed by atoms with Crippen LogP contribution in [0.2, 0.25) is 0 Å². The molecule has 0 spiro atoms. The predicted molar refractivity (Wildman–Crippen MR) is 70.8 cm³/mol. The first-order valence-electron chi connectivity index (χ1n) is 6.20. The molecular formula is C13H18F3N3O2. The van der Waals surface area contributed by atoms with Gasteiger partial charge in [-0.1, -0.05) is 0 Å². The quantitative estimate of drug-likeness (QED) is 0.856. The second-order valence-electron chi connectivity index (χ2n) is 5.35. The van der Waals surface area contributed by atoms with E-state index in [2.05, 4.69) is 10.3 Å². The maximum absolute atomic E-state index is 12.3. The van der Waals surface area contributed by atoms with Gasteiger partial charge in [0.1, 0.15) is 5.69 Å².